The molecule has 96 valence electrons. The molecule has 3 amide bonds. The highest BCUT2D eigenvalue weighted by atomic mass is 16.2. The molecule has 0 aliphatic carbocycles. The summed E-state index contributed by atoms with van der Waals surface area (Å²) in [6.45, 7) is 4.36. The minimum Gasteiger partial charge on any atom is -0.305 e. The van der Waals surface area contributed by atoms with Gasteiger partial charge in [0, 0.05) is 6.54 Å². The van der Waals surface area contributed by atoms with E-state index in [2.05, 4.69) is 5.32 Å². The summed E-state index contributed by atoms with van der Waals surface area (Å²) in [5, 5.41) is 2.43. The zero-order valence-corrected chi connectivity index (χ0v) is 10.8. The van der Waals surface area contributed by atoms with Gasteiger partial charge in [0.1, 0.15) is 5.54 Å². The molecule has 0 saturated carbocycles. The topological polar surface area (TPSA) is 49.4 Å². The Morgan fingerprint density at radius 1 is 1.11 bits per heavy atom. The van der Waals surface area contributed by atoms with Crippen LogP contribution in [-0.2, 0) is 11.3 Å². The first kappa shape index (κ1) is 12.6. The smallest absolute Gasteiger partial charge is 0.305 e. The summed E-state index contributed by atoms with van der Waals surface area (Å²) in [6.07, 6.45) is 1.27. The molecule has 0 radical (unpaired) electrons. The fraction of sp³-hybridized carbons (Fsp3) is 0.429. The van der Waals surface area contributed by atoms with E-state index in [4.69, 9.17) is 0 Å². The third kappa shape index (κ3) is 1.88. The van der Waals surface area contributed by atoms with Crippen LogP contribution in [0.25, 0.3) is 0 Å². The number of amides is 3. The normalized spacial score (nSPS) is 18.0. The minimum absolute atomic E-state index is 0.173. The van der Waals surface area contributed by atoms with Crippen molar-refractivity contribution >= 4 is 11.9 Å². The van der Waals surface area contributed by atoms with E-state index in [1.165, 1.54) is 0 Å². The molecular weight excluding hydrogens is 228 g/mol. The molecule has 1 fully saturated rings. The molecule has 1 heterocycles. The predicted octanol–water partition coefficient (Wildman–Crippen LogP) is 2.30. The maximum atomic E-state index is 12.0. The lowest BCUT2D eigenvalue weighted by molar-refractivity contribution is -0.127. The van der Waals surface area contributed by atoms with Crippen molar-refractivity contribution in [2.24, 2.45) is 0 Å². The molecule has 4 heteroatoms. The number of carbonyl (C=O) groups excluding carboxylic acids is 2. The summed E-state index contributed by atoms with van der Waals surface area (Å²) in [7, 11) is 0. The van der Waals surface area contributed by atoms with Crippen LogP contribution in [0.2, 0.25) is 0 Å². The van der Waals surface area contributed by atoms with Gasteiger partial charge in [-0.15, -0.1) is 0 Å². The van der Waals surface area contributed by atoms with Gasteiger partial charge in [-0.1, -0.05) is 44.2 Å². The first-order valence-electron chi connectivity index (χ1n) is 6.31. The van der Waals surface area contributed by atoms with Gasteiger partial charge >= 0.3 is 6.03 Å². The van der Waals surface area contributed by atoms with Crippen LogP contribution in [0.3, 0.4) is 0 Å². The lowest BCUT2D eigenvalue weighted by Crippen LogP contribution is -2.48. The molecule has 0 aromatic heterocycles. The van der Waals surface area contributed by atoms with Crippen molar-refractivity contribution in [1.29, 1.82) is 0 Å². The van der Waals surface area contributed by atoms with Crippen LogP contribution in [-0.4, -0.2) is 22.4 Å². The van der Waals surface area contributed by atoms with Gasteiger partial charge in [0.2, 0.25) is 0 Å². The van der Waals surface area contributed by atoms with Crippen LogP contribution in [0.1, 0.15) is 32.3 Å². The number of imide groups is 1. The fourth-order valence-electron chi connectivity index (χ4n) is 2.54. The van der Waals surface area contributed by atoms with Crippen LogP contribution < -0.4 is 5.32 Å². The molecule has 1 aliphatic rings. The van der Waals surface area contributed by atoms with E-state index in [9.17, 15) is 9.59 Å². The third-order valence-electron chi connectivity index (χ3n) is 3.76. The van der Waals surface area contributed by atoms with Crippen molar-refractivity contribution < 1.29 is 9.59 Å². The van der Waals surface area contributed by atoms with Crippen molar-refractivity contribution in [2.45, 2.75) is 38.8 Å². The highest BCUT2D eigenvalue weighted by molar-refractivity contribution is 6.06. The number of benzene rings is 1. The van der Waals surface area contributed by atoms with Gasteiger partial charge in [-0.2, -0.15) is 0 Å². The standard InChI is InChI=1S/C14H18N2O2/c1-3-14(4-2)12(17)15-13(18)16(14)10-11-8-6-5-7-9-11/h5-9H,3-4,10H2,1-2H3,(H,15,17,18). The lowest BCUT2D eigenvalue weighted by Gasteiger charge is -2.33. The van der Waals surface area contributed by atoms with Crippen LogP contribution >= 0.6 is 0 Å². The average molecular weight is 246 g/mol. The van der Waals surface area contributed by atoms with E-state index in [1.54, 1.807) is 4.90 Å². The fourth-order valence-corrected chi connectivity index (χ4v) is 2.54. The molecule has 2 rings (SSSR count). The third-order valence-corrected chi connectivity index (χ3v) is 3.76. The van der Waals surface area contributed by atoms with E-state index >= 15 is 0 Å². The Balaban J connectivity index is 2.29. The van der Waals surface area contributed by atoms with Gasteiger partial charge < -0.3 is 4.90 Å². The van der Waals surface area contributed by atoms with Gasteiger partial charge in [0.05, 0.1) is 0 Å². The first-order chi connectivity index (χ1) is 8.64. The largest absolute Gasteiger partial charge is 0.325 e. The number of nitrogens with one attached hydrogen (secondary N) is 1. The van der Waals surface area contributed by atoms with Crippen LogP contribution in [0.15, 0.2) is 30.3 Å². The maximum absolute atomic E-state index is 12.0. The highest BCUT2D eigenvalue weighted by Gasteiger charge is 2.49. The van der Waals surface area contributed by atoms with Crippen LogP contribution in [0, 0.1) is 0 Å². The second-order valence-corrected chi connectivity index (χ2v) is 4.57. The Labute approximate surface area is 107 Å². The molecule has 1 aromatic rings. The number of hydrogen-bond acceptors (Lipinski definition) is 2. The summed E-state index contributed by atoms with van der Waals surface area (Å²) in [6, 6.07) is 9.45. The lowest BCUT2D eigenvalue weighted by atomic mass is 9.91. The molecular formula is C14H18N2O2. The molecule has 18 heavy (non-hydrogen) atoms. The van der Waals surface area contributed by atoms with E-state index in [-0.39, 0.29) is 11.9 Å². The SMILES string of the molecule is CCC1(CC)C(=O)NC(=O)N1Cc1ccccc1. The Morgan fingerprint density at radius 2 is 1.72 bits per heavy atom. The summed E-state index contributed by atoms with van der Waals surface area (Å²) in [5.74, 6) is -0.173. The molecule has 0 spiro atoms. The Bertz CT molecular complexity index is 452. The molecule has 1 aromatic carbocycles. The quantitative estimate of drug-likeness (QED) is 0.829. The number of urea groups is 1. The van der Waals surface area contributed by atoms with Crippen molar-refractivity contribution in [1.82, 2.24) is 10.2 Å². The van der Waals surface area contributed by atoms with Crippen LogP contribution in [0.4, 0.5) is 4.79 Å². The number of nitrogens with zero attached hydrogens (tertiary/aromatic N) is 1. The summed E-state index contributed by atoms with van der Waals surface area (Å²) in [5.41, 5.74) is 0.348. The molecule has 0 bridgehead atoms. The Morgan fingerprint density at radius 3 is 2.28 bits per heavy atom. The van der Waals surface area contributed by atoms with Crippen molar-refractivity contribution in [2.75, 3.05) is 0 Å². The van der Waals surface area contributed by atoms with Crippen molar-refractivity contribution in [3.05, 3.63) is 35.9 Å². The Hall–Kier alpha value is -1.84. The summed E-state index contributed by atoms with van der Waals surface area (Å²) in [4.78, 5) is 25.6. The molecule has 1 N–H and O–H groups in total. The monoisotopic (exact) mass is 246 g/mol. The van der Waals surface area contributed by atoms with Gasteiger partial charge in [0.25, 0.3) is 5.91 Å². The van der Waals surface area contributed by atoms with Gasteiger partial charge in [0.15, 0.2) is 0 Å². The molecule has 4 nitrogen and oxygen atoms in total. The van der Waals surface area contributed by atoms with Gasteiger partial charge in [-0.3, -0.25) is 10.1 Å². The zero-order chi connectivity index (χ0) is 13.2. The van der Waals surface area contributed by atoms with E-state index in [1.807, 2.05) is 44.2 Å². The second kappa shape index (κ2) is 4.80. The number of hydrogen-bond donors (Lipinski definition) is 1. The number of rotatable bonds is 4. The van der Waals surface area contributed by atoms with E-state index in [0.717, 1.165) is 5.56 Å². The molecule has 1 saturated heterocycles. The van der Waals surface area contributed by atoms with Crippen molar-refractivity contribution in [3.63, 3.8) is 0 Å². The number of carbonyl (C=O) groups is 2. The molecule has 0 atom stereocenters. The highest BCUT2D eigenvalue weighted by Crippen LogP contribution is 2.30. The van der Waals surface area contributed by atoms with Crippen molar-refractivity contribution in [3.8, 4) is 0 Å². The summed E-state index contributed by atoms with van der Waals surface area (Å²) < 4.78 is 0. The van der Waals surface area contributed by atoms with Crippen LogP contribution in [0.5, 0.6) is 0 Å². The Kier molecular flexibility index (Phi) is 3.36. The molecule has 1 aliphatic heterocycles. The average Bonchev–Trinajstić information content (AvgIpc) is 2.63. The van der Waals surface area contributed by atoms with E-state index < -0.39 is 5.54 Å². The second-order valence-electron chi connectivity index (χ2n) is 4.57. The molecule has 0 unspecified atom stereocenters. The maximum Gasteiger partial charge on any atom is 0.325 e. The minimum atomic E-state index is -0.688. The summed E-state index contributed by atoms with van der Waals surface area (Å²) >= 11 is 0. The predicted molar refractivity (Wildman–Crippen MR) is 68.8 cm³/mol. The zero-order valence-electron chi connectivity index (χ0n) is 10.8. The van der Waals surface area contributed by atoms with Gasteiger partial charge in [-0.05, 0) is 18.4 Å². The first-order valence-corrected chi connectivity index (χ1v) is 6.31. The van der Waals surface area contributed by atoms with Gasteiger partial charge in [-0.25, -0.2) is 4.79 Å². The van der Waals surface area contributed by atoms with E-state index in [0.29, 0.717) is 19.4 Å².